The van der Waals surface area contributed by atoms with Crippen molar-refractivity contribution >= 4 is 29.1 Å². The minimum absolute atomic E-state index is 0.109. The van der Waals surface area contributed by atoms with Gasteiger partial charge in [-0.1, -0.05) is 18.9 Å². The number of hydrogen-bond donors (Lipinski definition) is 4. The summed E-state index contributed by atoms with van der Waals surface area (Å²) in [6.07, 6.45) is 6.85. The largest absolute Gasteiger partial charge is 0.381 e. The molecular formula is C20H26N6O2. The van der Waals surface area contributed by atoms with E-state index in [2.05, 4.69) is 25.9 Å². The number of pyridine rings is 2. The molecule has 1 saturated carbocycles. The van der Waals surface area contributed by atoms with E-state index in [-0.39, 0.29) is 23.8 Å². The molecule has 1 aliphatic rings. The number of rotatable bonds is 6. The standard InChI is InChI=1S/C20H26N6O2/c1-12-7-8-17(23-10-12)26-18-9-16(14(11-24-18)20(28)22-2)25-15-6-4-3-5-13(15)19(21)27/h7-11,13,15H,3-6H2,1-2H3,(H2,21,27)(H,22,28)(H2,23,24,25,26)/t13-,15+/m0/s1. The molecule has 2 aromatic rings. The first-order valence-electron chi connectivity index (χ1n) is 9.45. The zero-order chi connectivity index (χ0) is 20.1. The van der Waals surface area contributed by atoms with E-state index in [0.29, 0.717) is 22.9 Å². The number of nitrogens with zero attached hydrogens (tertiary/aromatic N) is 2. The first-order valence-corrected chi connectivity index (χ1v) is 9.45. The Morgan fingerprint density at radius 3 is 2.54 bits per heavy atom. The Kier molecular flexibility index (Phi) is 6.08. The van der Waals surface area contributed by atoms with Gasteiger partial charge in [0.25, 0.3) is 5.91 Å². The van der Waals surface area contributed by atoms with E-state index < -0.39 is 0 Å². The van der Waals surface area contributed by atoms with Crippen molar-refractivity contribution in [2.24, 2.45) is 11.7 Å². The number of nitrogens with one attached hydrogen (secondary N) is 3. The summed E-state index contributed by atoms with van der Waals surface area (Å²) in [5.74, 6) is 0.397. The van der Waals surface area contributed by atoms with Crippen molar-refractivity contribution in [3.63, 3.8) is 0 Å². The van der Waals surface area contributed by atoms with Gasteiger partial charge in [0, 0.05) is 31.5 Å². The van der Waals surface area contributed by atoms with E-state index >= 15 is 0 Å². The average Bonchev–Trinajstić information content (AvgIpc) is 2.69. The van der Waals surface area contributed by atoms with Crippen molar-refractivity contribution in [1.29, 1.82) is 0 Å². The SMILES string of the molecule is CNC(=O)c1cnc(Nc2ccc(C)cn2)cc1N[C@@H]1CCCC[C@@H]1C(N)=O. The number of anilines is 3. The molecule has 0 bridgehead atoms. The smallest absolute Gasteiger partial charge is 0.254 e. The summed E-state index contributed by atoms with van der Waals surface area (Å²) in [6.45, 7) is 1.97. The van der Waals surface area contributed by atoms with Gasteiger partial charge in [-0.25, -0.2) is 9.97 Å². The Labute approximate surface area is 164 Å². The molecule has 0 spiro atoms. The highest BCUT2D eigenvalue weighted by atomic mass is 16.2. The molecule has 0 aromatic carbocycles. The summed E-state index contributed by atoms with van der Waals surface area (Å²) in [7, 11) is 1.57. The van der Waals surface area contributed by atoms with E-state index in [0.717, 1.165) is 31.2 Å². The van der Waals surface area contributed by atoms with Crippen molar-refractivity contribution in [3.8, 4) is 0 Å². The summed E-state index contributed by atoms with van der Waals surface area (Å²) in [6, 6.07) is 5.47. The summed E-state index contributed by atoms with van der Waals surface area (Å²) in [5.41, 5.74) is 7.68. The summed E-state index contributed by atoms with van der Waals surface area (Å²) >= 11 is 0. The number of nitrogens with two attached hydrogens (primary N) is 1. The fraction of sp³-hybridized carbons (Fsp3) is 0.400. The molecule has 3 rings (SSSR count). The number of carbonyl (C=O) groups excluding carboxylic acids is 2. The van der Waals surface area contributed by atoms with E-state index in [4.69, 9.17) is 5.73 Å². The molecule has 8 heteroatoms. The van der Waals surface area contributed by atoms with Gasteiger partial charge in [-0.3, -0.25) is 9.59 Å². The van der Waals surface area contributed by atoms with Gasteiger partial charge >= 0.3 is 0 Å². The molecule has 8 nitrogen and oxygen atoms in total. The number of aromatic nitrogens is 2. The Balaban J connectivity index is 1.88. The molecule has 0 aliphatic heterocycles. The van der Waals surface area contributed by atoms with Crippen LogP contribution in [0.1, 0.15) is 41.6 Å². The number of primary amides is 1. The van der Waals surface area contributed by atoms with Crippen LogP contribution >= 0.6 is 0 Å². The van der Waals surface area contributed by atoms with Crippen LogP contribution in [0, 0.1) is 12.8 Å². The van der Waals surface area contributed by atoms with Crippen molar-refractivity contribution < 1.29 is 9.59 Å². The van der Waals surface area contributed by atoms with Crippen LogP contribution in [0.5, 0.6) is 0 Å². The third-order valence-corrected chi connectivity index (χ3v) is 5.02. The molecule has 2 amide bonds. The minimum Gasteiger partial charge on any atom is -0.381 e. The Morgan fingerprint density at radius 2 is 1.86 bits per heavy atom. The summed E-state index contributed by atoms with van der Waals surface area (Å²) in [5, 5.41) is 9.14. The van der Waals surface area contributed by atoms with Crippen LogP contribution in [0.25, 0.3) is 0 Å². The molecule has 2 heterocycles. The topological polar surface area (TPSA) is 122 Å². The number of hydrogen-bond acceptors (Lipinski definition) is 6. The van der Waals surface area contributed by atoms with Gasteiger partial charge in [0.15, 0.2) is 0 Å². The predicted molar refractivity (Wildman–Crippen MR) is 108 cm³/mol. The second-order valence-corrected chi connectivity index (χ2v) is 7.08. The third kappa shape index (κ3) is 4.57. The van der Waals surface area contributed by atoms with Gasteiger partial charge in [-0.05, 0) is 31.4 Å². The van der Waals surface area contributed by atoms with Crippen LogP contribution in [-0.4, -0.2) is 34.9 Å². The molecule has 0 unspecified atom stereocenters. The van der Waals surface area contributed by atoms with E-state index in [1.807, 2.05) is 19.1 Å². The summed E-state index contributed by atoms with van der Waals surface area (Å²) in [4.78, 5) is 32.8. The lowest BCUT2D eigenvalue weighted by atomic mass is 9.84. The molecule has 2 aromatic heterocycles. The van der Waals surface area contributed by atoms with E-state index in [9.17, 15) is 9.59 Å². The van der Waals surface area contributed by atoms with Gasteiger partial charge in [0.2, 0.25) is 5.91 Å². The van der Waals surface area contributed by atoms with Crippen molar-refractivity contribution in [2.45, 2.75) is 38.6 Å². The van der Waals surface area contributed by atoms with Crippen molar-refractivity contribution in [2.75, 3.05) is 17.7 Å². The first-order chi connectivity index (χ1) is 13.5. The lowest BCUT2D eigenvalue weighted by molar-refractivity contribution is -0.122. The van der Waals surface area contributed by atoms with Crippen LogP contribution in [0.15, 0.2) is 30.6 Å². The van der Waals surface area contributed by atoms with Crippen molar-refractivity contribution in [1.82, 2.24) is 15.3 Å². The zero-order valence-electron chi connectivity index (χ0n) is 16.2. The second kappa shape index (κ2) is 8.69. The molecule has 1 aliphatic carbocycles. The second-order valence-electron chi connectivity index (χ2n) is 7.08. The predicted octanol–water partition coefficient (Wildman–Crippen LogP) is 2.34. The monoisotopic (exact) mass is 382 g/mol. The number of amides is 2. The van der Waals surface area contributed by atoms with Crippen LogP contribution in [-0.2, 0) is 4.79 Å². The lowest BCUT2D eigenvalue weighted by Gasteiger charge is -2.31. The van der Waals surface area contributed by atoms with E-state index in [1.54, 1.807) is 19.3 Å². The molecule has 0 radical (unpaired) electrons. The number of aryl methyl sites for hydroxylation is 1. The third-order valence-electron chi connectivity index (χ3n) is 5.02. The molecule has 0 saturated heterocycles. The highest BCUT2D eigenvalue weighted by Crippen LogP contribution is 2.29. The molecule has 5 N–H and O–H groups in total. The quantitative estimate of drug-likeness (QED) is 0.608. The van der Waals surface area contributed by atoms with Gasteiger partial charge < -0.3 is 21.7 Å². The maximum atomic E-state index is 12.3. The van der Waals surface area contributed by atoms with Crippen molar-refractivity contribution in [3.05, 3.63) is 41.7 Å². The van der Waals surface area contributed by atoms with Gasteiger partial charge in [-0.2, -0.15) is 0 Å². The van der Waals surface area contributed by atoms with Crippen LogP contribution in [0.2, 0.25) is 0 Å². The Hall–Kier alpha value is -3.16. The molecule has 28 heavy (non-hydrogen) atoms. The maximum Gasteiger partial charge on any atom is 0.254 e. The first kappa shape index (κ1) is 19.6. The fourth-order valence-electron chi connectivity index (χ4n) is 3.48. The molecular weight excluding hydrogens is 356 g/mol. The minimum atomic E-state index is -0.310. The molecule has 2 atom stereocenters. The van der Waals surface area contributed by atoms with Gasteiger partial charge in [0.05, 0.1) is 17.2 Å². The normalized spacial score (nSPS) is 18.9. The highest BCUT2D eigenvalue weighted by Gasteiger charge is 2.30. The van der Waals surface area contributed by atoms with Crippen LogP contribution in [0.3, 0.4) is 0 Å². The van der Waals surface area contributed by atoms with Gasteiger partial charge in [-0.15, -0.1) is 0 Å². The highest BCUT2D eigenvalue weighted by molar-refractivity contribution is 5.99. The number of carbonyl (C=O) groups is 2. The Bertz CT molecular complexity index is 852. The zero-order valence-corrected chi connectivity index (χ0v) is 16.2. The van der Waals surface area contributed by atoms with Gasteiger partial charge in [0.1, 0.15) is 11.6 Å². The molecule has 148 valence electrons. The fourth-order valence-corrected chi connectivity index (χ4v) is 3.48. The molecule has 1 fully saturated rings. The van der Waals surface area contributed by atoms with Crippen LogP contribution < -0.4 is 21.7 Å². The average molecular weight is 382 g/mol. The van der Waals surface area contributed by atoms with E-state index in [1.165, 1.54) is 6.20 Å². The van der Waals surface area contributed by atoms with Crippen LogP contribution in [0.4, 0.5) is 17.3 Å². The Morgan fingerprint density at radius 1 is 1.11 bits per heavy atom. The summed E-state index contributed by atoms with van der Waals surface area (Å²) < 4.78 is 0. The lowest BCUT2D eigenvalue weighted by Crippen LogP contribution is -2.41. The maximum absolute atomic E-state index is 12.3.